The molecule has 0 saturated heterocycles. The van der Waals surface area contributed by atoms with Gasteiger partial charge in [0.15, 0.2) is 0 Å². The number of nitrogens with one attached hydrogen (secondary N) is 1. The highest BCUT2D eigenvalue weighted by atomic mass is 35.5. The first-order valence-electron chi connectivity index (χ1n) is 4.17. The summed E-state index contributed by atoms with van der Waals surface area (Å²) in [5.74, 6) is 2.10. The molecule has 0 bridgehead atoms. The summed E-state index contributed by atoms with van der Waals surface area (Å²) in [5, 5.41) is 3.09. The van der Waals surface area contributed by atoms with Crippen LogP contribution in [0.3, 0.4) is 0 Å². The van der Waals surface area contributed by atoms with Crippen molar-refractivity contribution in [2.45, 2.75) is 26.3 Å². The number of hydrogen-bond donors (Lipinski definition) is 2. The van der Waals surface area contributed by atoms with Crippen LogP contribution in [0.5, 0.6) is 0 Å². The Hall–Kier alpha value is -0.340. The van der Waals surface area contributed by atoms with Gasteiger partial charge in [-0.05, 0) is 26.3 Å². The largest absolute Gasteiger partial charge is 0.325 e. The Kier molecular flexibility index (Phi) is 8.27. The Labute approximate surface area is 86.2 Å². The SMILES string of the molecule is CC(CNCC=C=O)C(C)(C)N.Cl. The van der Waals surface area contributed by atoms with Crippen LogP contribution in [0.15, 0.2) is 6.08 Å². The predicted molar refractivity (Wildman–Crippen MR) is 57.8 cm³/mol. The number of halogens is 1. The van der Waals surface area contributed by atoms with Gasteiger partial charge in [-0.25, -0.2) is 4.79 Å². The molecular weight excluding hydrogens is 188 g/mol. The van der Waals surface area contributed by atoms with Crippen LogP contribution in [0.1, 0.15) is 20.8 Å². The molecule has 0 rings (SSSR count). The second-order valence-electron chi connectivity index (χ2n) is 3.70. The summed E-state index contributed by atoms with van der Waals surface area (Å²) in [6, 6.07) is 0. The smallest absolute Gasteiger partial charge is 0.121 e. The molecule has 13 heavy (non-hydrogen) atoms. The highest BCUT2D eigenvalue weighted by Gasteiger charge is 2.19. The topological polar surface area (TPSA) is 55.1 Å². The number of hydrogen-bond acceptors (Lipinski definition) is 3. The van der Waals surface area contributed by atoms with E-state index in [-0.39, 0.29) is 17.9 Å². The summed E-state index contributed by atoms with van der Waals surface area (Å²) in [5.41, 5.74) is 5.70. The molecule has 0 fully saturated rings. The zero-order valence-corrected chi connectivity index (χ0v) is 9.28. The van der Waals surface area contributed by atoms with Crippen molar-refractivity contribution >= 4 is 18.3 Å². The van der Waals surface area contributed by atoms with Gasteiger partial charge in [0.2, 0.25) is 0 Å². The van der Waals surface area contributed by atoms with Crippen LogP contribution in [-0.4, -0.2) is 24.6 Å². The van der Waals surface area contributed by atoms with E-state index in [4.69, 9.17) is 5.73 Å². The van der Waals surface area contributed by atoms with Crippen molar-refractivity contribution in [3.63, 3.8) is 0 Å². The lowest BCUT2D eigenvalue weighted by Crippen LogP contribution is -2.44. The van der Waals surface area contributed by atoms with E-state index < -0.39 is 0 Å². The molecule has 4 heteroatoms. The van der Waals surface area contributed by atoms with Crippen molar-refractivity contribution in [2.24, 2.45) is 11.7 Å². The molecule has 0 aliphatic rings. The lowest BCUT2D eigenvalue weighted by atomic mass is 9.90. The lowest BCUT2D eigenvalue weighted by Gasteiger charge is -2.27. The van der Waals surface area contributed by atoms with E-state index in [2.05, 4.69) is 12.2 Å². The normalized spacial score (nSPS) is 12.6. The second-order valence-corrected chi connectivity index (χ2v) is 3.70. The second kappa shape index (κ2) is 7.10. The fourth-order valence-electron chi connectivity index (χ4n) is 0.677. The molecule has 0 aliphatic heterocycles. The number of nitrogens with two attached hydrogens (primary N) is 1. The van der Waals surface area contributed by atoms with Gasteiger partial charge < -0.3 is 11.1 Å². The monoisotopic (exact) mass is 206 g/mol. The van der Waals surface area contributed by atoms with E-state index in [9.17, 15) is 4.79 Å². The van der Waals surface area contributed by atoms with Gasteiger partial charge >= 0.3 is 0 Å². The Morgan fingerprint density at radius 1 is 1.62 bits per heavy atom. The van der Waals surface area contributed by atoms with E-state index in [1.807, 2.05) is 13.8 Å². The minimum atomic E-state index is -0.169. The molecule has 0 amide bonds. The van der Waals surface area contributed by atoms with E-state index in [1.165, 1.54) is 6.08 Å². The van der Waals surface area contributed by atoms with Crippen LogP contribution in [0.4, 0.5) is 0 Å². The number of carbonyl (C=O) groups excluding carboxylic acids is 1. The molecule has 78 valence electrons. The minimum absolute atomic E-state index is 0. The van der Waals surface area contributed by atoms with Crippen molar-refractivity contribution in [3.05, 3.63) is 6.08 Å². The summed E-state index contributed by atoms with van der Waals surface area (Å²) >= 11 is 0. The van der Waals surface area contributed by atoms with Crippen molar-refractivity contribution in [1.82, 2.24) is 5.32 Å². The first-order valence-corrected chi connectivity index (χ1v) is 4.17. The van der Waals surface area contributed by atoms with Crippen LogP contribution < -0.4 is 11.1 Å². The summed E-state index contributed by atoms with van der Waals surface area (Å²) < 4.78 is 0. The third-order valence-electron chi connectivity index (χ3n) is 2.05. The zero-order valence-electron chi connectivity index (χ0n) is 8.46. The Morgan fingerprint density at radius 2 is 2.15 bits per heavy atom. The Morgan fingerprint density at radius 3 is 2.54 bits per heavy atom. The lowest BCUT2D eigenvalue weighted by molar-refractivity contribution is 0.335. The molecule has 0 aromatic heterocycles. The van der Waals surface area contributed by atoms with Crippen LogP contribution in [-0.2, 0) is 4.79 Å². The van der Waals surface area contributed by atoms with Crippen molar-refractivity contribution in [1.29, 1.82) is 0 Å². The van der Waals surface area contributed by atoms with Gasteiger partial charge in [-0.3, -0.25) is 0 Å². The Bertz CT molecular complexity index is 171. The predicted octanol–water partition coefficient (Wildman–Crippen LogP) is 0.759. The summed E-state index contributed by atoms with van der Waals surface area (Å²) in [6.45, 7) is 7.47. The van der Waals surface area contributed by atoms with Crippen LogP contribution in [0, 0.1) is 5.92 Å². The average Bonchev–Trinajstić information content (AvgIpc) is 1.96. The molecule has 0 radical (unpaired) electrons. The average molecular weight is 207 g/mol. The highest BCUT2D eigenvalue weighted by Crippen LogP contribution is 2.10. The van der Waals surface area contributed by atoms with Gasteiger partial charge in [0.1, 0.15) is 5.94 Å². The molecule has 0 saturated carbocycles. The van der Waals surface area contributed by atoms with Gasteiger partial charge in [0, 0.05) is 18.2 Å². The van der Waals surface area contributed by atoms with Crippen molar-refractivity contribution in [2.75, 3.05) is 13.1 Å². The van der Waals surface area contributed by atoms with Gasteiger partial charge in [-0.15, -0.1) is 12.4 Å². The van der Waals surface area contributed by atoms with E-state index in [1.54, 1.807) is 5.94 Å². The third-order valence-corrected chi connectivity index (χ3v) is 2.05. The fraction of sp³-hybridized carbons (Fsp3) is 0.778. The molecule has 1 unspecified atom stereocenters. The van der Waals surface area contributed by atoms with Gasteiger partial charge in [0.25, 0.3) is 0 Å². The van der Waals surface area contributed by atoms with Crippen LogP contribution in [0.25, 0.3) is 0 Å². The number of rotatable bonds is 5. The van der Waals surface area contributed by atoms with Crippen molar-refractivity contribution < 1.29 is 4.79 Å². The summed E-state index contributed by atoms with van der Waals surface area (Å²) in [6.07, 6.45) is 1.43. The molecule has 0 aromatic rings. The minimum Gasteiger partial charge on any atom is -0.325 e. The first-order chi connectivity index (χ1) is 5.48. The maximum atomic E-state index is 9.80. The maximum absolute atomic E-state index is 9.80. The van der Waals surface area contributed by atoms with E-state index in [0.717, 1.165) is 6.54 Å². The van der Waals surface area contributed by atoms with Crippen LogP contribution >= 0.6 is 12.4 Å². The van der Waals surface area contributed by atoms with Gasteiger partial charge in [-0.2, -0.15) is 0 Å². The van der Waals surface area contributed by atoms with E-state index >= 15 is 0 Å². The Balaban J connectivity index is 0. The summed E-state index contributed by atoms with van der Waals surface area (Å²) in [7, 11) is 0. The standard InChI is InChI=1S/C9H18N2O.ClH/c1-8(9(2,3)10)7-11-5-4-6-12;/h4,8,11H,5,7,10H2,1-3H3;1H. The van der Waals surface area contributed by atoms with Crippen LogP contribution in [0.2, 0.25) is 0 Å². The van der Waals surface area contributed by atoms with Gasteiger partial charge in [-0.1, -0.05) is 6.92 Å². The molecule has 3 N–H and O–H groups in total. The molecule has 1 atom stereocenters. The molecule has 0 heterocycles. The zero-order chi connectivity index (χ0) is 9.61. The third kappa shape index (κ3) is 8.00. The summed E-state index contributed by atoms with van der Waals surface area (Å²) in [4.78, 5) is 9.80. The first kappa shape index (κ1) is 15.1. The molecule has 0 aliphatic carbocycles. The van der Waals surface area contributed by atoms with E-state index in [0.29, 0.717) is 12.5 Å². The highest BCUT2D eigenvalue weighted by molar-refractivity contribution is 5.85. The van der Waals surface area contributed by atoms with Crippen molar-refractivity contribution in [3.8, 4) is 0 Å². The molecule has 3 nitrogen and oxygen atoms in total. The quantitative estimate of drug-likeness (QED) is 0.516. The molecule has 0 spiro atoms. The molecule has 0 aromatic carbocycles. The molecular formula is C9H19ClN2O. The maximum Gasteiger partial charge on any atom is 0.121 e. The van der Waals surface area contributed by atoms with Gasteiger partial charge in [0.05, 0.1) is 0 Å². The fourth-order valence-corrected chi connectivity index (χ4v) is 0.677.